The molecule has 26 heavy (non-hydrogen) atoms. The number of nitrogens with zero attached hydrogens (tertiary/aromatic N) is 2. The van der Waals surface area contributed by atoms with Gasteiger partial charge in [-0.1, -0.05) is 18.0 Å². The molecule has 3 rings (SSSR count). The SMILES string of the molecule is CC(=O)Nc1cc(NC(C)=O)cc(-c2nc(C3(N)CCCC3)no2)c1.Cl. The molecule has 1 aromatic heterocycles. The van der Waals surface area contributed by atoms with Crippen molar-refractivity contribution < 1.29 is 14.1 Å². The van der Waals surface area contributed by atoms with E-state index in [0.717, 1.165) is 25.7 Å². The number of carbonyl (C=O) groups excluding carboxylic acids is 2. The van der Waals surface area contributed by atoms with Gasteiger partial charge in [0.15, 0.2) is 5.82 Å². The number of hydrogen-bond donors (Lipinski definition) is 3. The van der Waals surface area contributed by atoms with Crippen molar-refractivity contribution >= 4 is 35.6 Å². The van der Waals surface area contributed by atoms with E-state index in [-0.39, 0.29) is 24.2 Å². The molecule has 1 saturated carbocycles. The smallest absolute Gasteiger partial charge is 0.258 e. The molecule has 0 atom stereocenters. The number of amides is 2. The van der Waals surface area contributed by atoms with E-state index in [2.05, 4.69) is 20.8 Å². The molecule has 1 aromatic carbocycles. The maximum absolute atomic E-state index is 11.3. The predicted octanol–water partition coefficient (Wildman–Crippen LogP) is 2.80. The Kier molecular flexibility index (Phi) is 5.99. The van der Waals surface area contributed by atoms with Crippen LogP contribution >= 0.6 is 12.4 Å². The van der Waals surface area contributed by atoms with Gasteiger partial charge < -0.3 is 20.9 Å². The second-order valence-electron chi connectivity index (χ2n) is 6.45. The van der Waals surface area contributed by atoms with Gasteiger partial charge in [0.2, 0.25) is 11.8 Å². The molecule has 0 saturated heterocycles. The lowest BCUT2D eigenvalue weighted by molar-refractivity contribution is -0.115. The van der Waals surface area contributed by atoms with Crippen molar-refractivity contribution in [2.24, 2.45) is 5.73 Å². The molecule has 0 bridgehead atoms. The molecule has 0 unspecified atom stereocenters. The van der Waals surface area contributed by atoms with Gasteiger partial charge in [-0.3, -0.25) is 9.59 Å². The van der Waals surface area contributed by atoms with E-state index >= 15 is 0 Å². The first-order valence-electron chi connectivity index (χ1n) is 8.19. The van der Waals surface area contributed by atoms with E-state index < -0.39 is 5.54 Å². The topological polar surface area (TPSA) is 123 Å². The van der Waals surface area contributed by atoms with Gasteiger partial charge in [-0.2, -0.15) is 4.98 Å². The van der Waals surface area contributed by atoms with Crippen molar-refractivity contribution in [2.45, 2.75) is 45.1 Å². The zero-order valence-corrected chi connectivity index (χ0v) is 15.5. The lowest BCUT2D eigenvalue weighted by Crippen LogP contribution is -2.34. The fourth-order valence-corrected chi connectivity index (χ4v) is 3.07. The van der Waals surface area contributed by atoms with E-state index in [4.69, 9.17) is 10.3 Å². The van der Waals surface area contributed by atoms with Gasteiger partial charge in [-0.25, -0.2) is 0 Å². The highest BCUT2D eigenvalue weighted by atomic mass is 35.5. The van der Waals surface area contributed by atoms with Gasteiger partial charge in [0.1, 0.15) is 0 Å². The highest BCUT2D eigenvalue weighted by Gasteiger charge is 2.36. The Morgan fingerprint density at radius 1 is 1.08 bits per heavy atom. The first-order valence-corrected chi connectivity index (χ1v) is 8.19. The lowest BCUT2D eigenvalue weighted by Gasteiger charge is -2.17. The third kappa shape index (κ3) is 4.39. The van der Waals surface area contributed by atoms with Crippen LogP contribution in [0.25, 0.3) is 11.5 Å². The van der Waals surface area contributed by atoms with E-state index in [1.165, 1.54) is 13.8 Å². The zero-order valence-electron chi connectivity index (χ0n) is 14.7. The first kappa shape index (κ1) is 19.9. The molecule has 0 spiro atoms. The third-order valence-electron chi connectivity index (χ3n) is 4.19. The van der Waals surface area contributed by atoms with E-state index in [1.54, 1.807) is 18.2 Å². The van der Waals surface area contributed by atoms with E-state index in [0.29, 0.717) is 28.7 Å². The molecule has 2 aromatic rings. The largest absolute Gasteiger partial charge is 0.334 e. The molecule has 8 nitrogen and oxygen atoms in total. The van der Waals surface area contributed by atoms with Crippen LogP contribution < -0.4 is 16.4 Å². The number of aromatic nitrogens is 2. The van der Waals surface area contributed by atoms with Crippen molar-refractivity contribution in [3.05, 3.63) is 24.0 Å². The van der Waals surface area contributed by atoms with Crippen LogP contribution in [0.5, 0.6) is 0 Å². The van der Waals surface area contributed by atoms with Crippen molar-refractivity contribution in [3.8, 4) is 11.5 Å². The number of hydrogen-bond acceptors (Lipinski definition) is 6. The molecule has 0 radical (unpaired) electrons. The summed E-state index contributed by atoms with van der Waals surface area (Å²) in [5.74, 6) is 0.351. The Hall–Kier alpha value is -2.45. The number of halogens is 1. The number of nitrogens with two attached hydrogens (primary N) is 1. The molecular formula is C17H22ClN5O3. The molecule has 0 aliphatic heterocycles. The molecule has 9 heteroatoms. The molecule has 1 aliphatic carbocycles. The minimum atomic E-state index is -0.544. The Balaban J connectivity index is 0.00000243. The van der Waals surface area contributed by atoms with Gasteiger partial charge in [-0.15, -0.1) is 12.4 Å². The second-order valence-corrected chi connectivity index (χ2v) is 6.45. The van der Waals surface area contributed by atoms with Crippen LogP contribution in [0.2, 0.25) is 0 Å². The fraction of sp³-hybridized carbons (Fsp3) is 0.412. The van der Waals surface area contributed by atoms with E-state index in [9.17, 15) is 9.59 Å². The summed E-state index contributed by atoms with van der Waals surface area (Å²) in [6.45, 7) is 2.82. The molecule has 1 heterocycles. The maximum atomic E-state index is 11.3. The molecule has 1 aliphatic rings. The standard InChI is InChI=1S/C17H21N5O3.ClH/c1-10(23)19-13-7-12(8-14(9-13)20-11(2)24)15-21-16(22-25-15)17(18)5-3-4-6-17;/h7-9H,3-6,18H2,1-2H3,(H,19,23)(H,20,24);1H. The molecule has 4 N–H and O–H groups in total. The summed E-state index contributed by atoms with van der Waals surface area (Å²) in [5.41, 5.74) is 7.46. The third-order valence-corrected chi connectivity index (χ3v) is 4.19. The van der Waals surface area contributed by atoms with Crippen LogP contribution in [-0.4, -0.2) is 22.0 Å². The minimum Gasteiger partial charge on any atom is -0.334 e. The van der Waals surface area contributed by atoms with Crippen LogP contribution in [0.4, 0.5) is 11.4 Å². The first-order chi connectivity index (χ1) is 11.9. The van der Waals surface area contributed by atoms with Gasteiger partial charge in [0.05, 0.1) is 5.54 Å². The van der Waals surface area contributed by atoms with Crippen molar-refractivity contribution in [2.75, 3.05) is 10.6 Å². The highest BCUT2D eigenvalue weighted by molar-refractivity contribution is 5.93. The van der Waals surface area contributed by atoms with Crippen LogP contribution in [0, 0.1) is 0 Å². The monoisotopic (exact) mass is 379 g/mol. The Morgan fingerprint density at radius 3 is 2.12 bits per heavy atom. The van der Waals surface area contributed by atoms with Gasteiger partial charge >= 0.3 is 0 Å². The van der Waals surface area contributed by atoms with Gasteiger partial charge in [0.25, 0.3) is 5.89 Å². The zero-order chi connectivity index (χ0) is 18.0. The van der Waals surface area contributed by atoms with Crippen LogP contribution in [0.15, 0.2) is 22.7 Å². The van der Waals surface area contributed by atoms with Crippen molar-refractivity contribution in [1.82, 2.24) is 10.1 Å². The molecule has 1 fully saturated rings. The van der Waals surface area contributed by atoms with Gasteiger partial charge in [0, 0.05) is 30.8 Å². The van der Waals surface area contributed by atoms with Crippen molar-refractivity contribution in [3.63, 3.8) is 0 Å². The van der Waals surface area contributed by atoms with Crippen LogP contribution in [0.1, 0.15) is 45.4 Å². The Labute approximate surface area is 157 Å². The Morgan fingerprint density at radius 2 is 1.62 bits per heavy atom. The number of benzene rings is 1. The molecule has 2 amide bonds. The Bertz CT molecular complexity index is 780. The second kappa shape index (κ2) is 7.84. The number of carbonyl (C=O) groups is 2. The average molecular weight is 380 g/mol. The number of anilines is 2. The van der Waals surface area contributed by atoms with E-state index in [1.807, 2.05) is 0 Å². The summed E-state index contributed by atoms with van der Waals surface area (Å²) in [6, 6.07) is 5.08. The average Bonchev–Trinajstić information content (AvgIpc) is 3.15. The summed E-state index contributed by atoms with van der Waals surface area (Å²) in [5, 5.41) is 9.43. The predicted molar refractivity (Wildman–Crippen MR) is 99.9 cm³/mol. The number of rotatable bonds is 4. The summed E-state index contributed by atoms with van der Waals surface area (Å²) in [4.78, 5) is 27.1. The van der Waals surface area contributed by atoms with Crippen LogP contribution in [0.3, 0.4) is 0 Å². The van der Waals surface area contributed by atoms with Crippen molar-refractivity contribution in [1.29, 1.82) is 0 Å². The summed E-state index contributed by atoms with van der Waals surface area (Å²) < 4.78 is 5.38. The lowest BCUT2D eigenvalue weighted by atomic mass is 9.98. The maximum Gasteiger partial charge on any atom is 0.258 e. The summed E-state index contributed by atoms with van der Waals surface area (Å²) in [7, 11) is 0. The number of nitrogens with one attached hydrogen (secondary N) is 2. The van der Waals surface area contributed by atoms with Crippen LogP contribution in [-0.2, 0) is 15.1 Å². The fourth-order valence-electron chi connectivity index (χ4n) is 3.07. The quantitative estimate of drug-likeness (QED) is 0.750. The molecule has 140 valence electrons. The molecular weight excluding hydrogens is 358 g/mol. The summed E-state index contributed by atoms with van der Waals surface area (Å²) >= 11 is 0. The normalized spacial score (nSPS) is 15.2. The summed E-state index contributed by atoms with van der Waals surface area (Å²) in [6.07, 6.45) is 3.75. The highest BCUT2D eigenvalue weighted by Crippen LogP contribution is 2.36. The minimum absolute atomic E-state index is 0. The van der Waals surface area contributed by atoms with Gasteiger partial charge in [-0.05, 0) is 31.0 Å².